The van der Waals surface area contributed by atoms with Gasteiger partial charge in [0, 0.05) is 36.8 Å². The lowest BCUT2D eigenvalue weighted by Crippen LogP contribution is -2.46. The van der Waals surface area contributed by atoms with Crippen LogP contribution in [0.2, 0.25) is 0 Å². The summed E-state index contributed by atoms with van der Waals surface area (Å²) >= 11 is 0. The highest BCUT2D eigenvalue weighted by Gasteiger charge is 2.34. The molecule has 2 amide bonds. The van der Waals surface area contributed by atoms with Gasteiger partial charge in [-0.2, -0.15) is 0 Å². The summed E-state index contributed by atoms with van der Waals surface area (Å²) in [5.74, 6) is -0.196. The van der Waals surface area contributed by atoms with Gasteiger partial charge in [0.2, 0.25) is 11.8 Å². The highest BCUT2D eigenvalue weighted by atomic mass is 16.5. The van der Waals surface area contributed by atoms with Crippen molar-refractivity contribution in [3.8, 4) is 0 Å². The van der Waals surface area contributed by atoms with Gasteiger partial charge >= 0.3 is 0 Å². The SMILES string of the molecule is CC[C@@H](C)c1ccc(N(C(=O)Cn2nnc3ccccc32)[C@@H](C(=O)NC[C@@H]2CCCO2)c2cccnc2)cc1. The molecule has 2 aromatic heterocycles. The topological polar surface area (TPSA) is 102 Å². The van der Waals surface area contributed by atoms with E-state index < -0.39 is 6.04 Å². The number of pyridine rings is 1. The fraction of sp³-hybridized carbons (Fsp3) is 0.367. The molecule has 39 heavy (non-hydrogen) atoms. The highest BCUT2D eigenvalue weighted by Crippen LogP contribution is 2.30. The molecule has 9 heteroatoms. The third kappa shape index (κ3) is 5.98. The average Bonchev–Trinajstić information content (AvgIpc) is 3.65. The van der Waals surface area contributed by atoms with Crippen molar-refractivity contribution >= 4 is 28.5 Å². The first-order valence-corrected chi connectivity index (χ1v) is 13.5. The molecule has 1 saturated heterocycles. The van der Waals surface area contributed by atoms with Crippen LogP contribution in [0.3, 0.4) is 0 Å². The molecule has 0 aliphatic carbocycles. The van der Waals surface area contributed by atoms with Gasteiger partial charge in [-0.15, -0.1) is 5.10 Å². The lowest BCUT2D eigenvalue weighted by molar-refractivity contribution is -0.127. The van der Waals surface area contributed by atoms with E-state index in [1.807, 2.05) is 54.6 Å². The molecular weight excluding hydrogens is 492 g/mol. The molecule has 9 nitrogen and oxygen atoms in total. The lowest BCUT2D eigenvalue weighted by atomic mass is 9.98. The summed E-state index contributed by atoms with van der Waals surface area (Å²) < 4.78 is 7.28. The average molecular weight is 527 g/mol. The number of hydrogen-bond donors (Lipinski definition) is 1. The van der Waals surface area contributed by atoms with Gasteiger partial charge in [-0.25, -0.2) is 4.68 Å². The van der Waals surface area contributed by atoms with Gasteiger partial charge in [0.1, 0.15) is 18.1 Å². The minimum atomic E-state index is -0.933. The molecule has 4 aromatic rings. The number of fused-ring (bicyclic) bond motifs is 1. The van der Waals surface area contributed by atoms with Crippen molar-refractivity contribution in [1.29, 1.82) is 0 Å². The smallest absolute Gasteiger partial charge is 0.249 e. The fourth-order valence-corrected chi connectivity index (χ4v) is 4.95. The van der Waals surface area contributed by atoms with Crippen LogP contribution in [0.25, 0.3) is 11.0 Å². The number of anilines is 1. The zero-order valence-electron chi connectivity index (χ0n) is 22.4. The number of benzene rings is 2. The van der Waals surface area contributed by atoms with Crippen LogP contribution in [-0.4, -0.2) is 51.0 Å². The Hall–Kier alpha value is -4.11. The Bertz CT molecular complexity index is 1400. The van der Waals surface area contributed by atoms with E-state index >= 15 is 0 Å². The summed E-state index contributed by atoms with van der Waals surface area (Å²) in [6.45, 7) is 5.33. The first kappa shape index (κ1) is 26.5. The van der Waals surface area contributed by atoms with E-state index in [0.29, 0.717) is 35.8 Å². The number of carbonyl (C=O) groups excluding carboxylic acids is 2. The van der Waals surface area contributed by atoms with Crippen molar-refractivity contribution in [2.24, 2.45) is 0 Å². The first-order valence-electron chi connectivity index (χ1n) is 13.5. The van der Waals surface area contributed by atoms with Crippen LogP contribution in [0.4, 0.5) is 5.69 Å². The summed E-state index contributed by atoms with van der Waals surface area (Å²) in [4.78, 5) is 33.8. The van der Waals surface area contributed by atoms with Crippen LogP contribution in [-0.2, 0) is 20.9 Å². The molecule has 3 atom stereocenters. The van der Waals surface area contributed by atoms with Crippen molar-refractivity contribution in [3.63, 3.8) is 0 Å². The van der Waals surface area contributed by atoms with Crippen molar-refractivity contribution in [2.75, 3.05) is 18.1 Å². The molecule has 1 fully saturated rings. The van der Waals surface area contributed by atoms with E-state index in [2.05, 4.69) is 34.5 Å². The molecule has 0 bridgehead atoms. The maximum Gasteiger partial charge on any atom is 0.249 e. The molecular formula is C30H34N6O3. The van der Waals surface area contributed by atoms with E-state index in [1.165, 1.54) is 5.56 Å². The maximum atomic E-state index is 14.1. The zero-order valence-corrected chi connectivity index (χ0v) is 22.4. The number of aromatic nitrogens is 4. The third-order valence-corrected chi connectivity index (χ3v) is 7.36. The van der Waals surface area contributed by atoms with Crippen LogP contribution in [0.1, 0.15) is 56.2 Å². The number of amides is 2. The number of rotatable bonds is 10. The normalized spacial score (nSPS) is 16.6. The van der Waals surface area contributed by atoms with Crippen molar-refractivity contribution in [2.45, 2.75) is 57.7 Å². The van der Waals surface area contributed by atoms with E-state index in [0.717, 1.165) is 24.8 Å². The van der Waals surface area contributed by atoms with Gasteiger partial charge in [0.25, 0.3) is 0 Å². The zero-order chi connectivity index (χ0) is 27.2. The third-order valence-electron chi connectivity index (χ3n) is 7.36. The van der Waals surface area contributed by atoms with Crippen molar-refractivity contribution in [1.82, 2.24) is 25.3 Å². The number of ether oxygens (including phenoxy) is 1. The minimum Gasteiger partial charge on any atom is -0.376 e. The largest absolute Gasteiger partial charge is 0.376 e. The van der Waals surface area contributed by atoms with Crippen LogP contribution in [0, 0.1) is 0 Å². The molecule has 5 rings (SSSR count). The summed E-state index contributed by atoms with van der Waals surface area (Å²) in [7, 11) is 0. The second kappa shape index (κ2) is 12.2. The molecule has 0 saturated carbocycles. The second-order valence-electron chi connectivity index (χ2n) is 9.97. The van der Waals surface area contributed by atoms with Crippen LogP contribution >= 0.6 is 0 Å². The molecule has 202 valence electrons. The van der Waals surface area contributed by atoms with E-state index in [4.69, 9.17) is 4.74 Å². The Morgan fingerprint density at radius 2 is 1.92 bits per heavy atom. The summed E-state index contributed by atoms with van der Waals surface area (Å²) in [5, 5.41) is 11.4. The number of hydrogen-bond acceptors (Lipinski definition) is 6. The van der Waals surface area contributed by atoms with Crippen molar-refractivity contribution in [3.05, 3.63) is 84.2 Å². The Balaban J connectivity index is 1.52. The minimum absolute atomic E-state index is 0.0241. The monoisotopic (exact) mass is 526 g/mol. The summed E-state index contributed by atoms with van der Waals surface area (Å²) in [5.41, 5.74) is 3.87. The van der Waals surface area contributed by atoms with Gasteiger partial charge < -0.3 is 10.1 Å². The molecule has 1 aliphatic rings. The molecule has 1 aliphatic heterocycles. The maximum absolute atomic E-state index is 14.1. The fourth-order valence-electron chi connectivity index (χ4n) is 4.95. The quantitative estimate of drug-likeness (QED) is 0.328. The second-order valence-corrected chi connectivity index (χ2v) is 9.97. The van der Waals surface area contributed by atoms with E-state index in [9.17, 15) is 9.59 Å². The first-order chi connectivity index (χ1) is 19.0. The molecule has 0 spiro atoms. The van der Waals surface area contributed by atoms with Crippen LogP contribution < -0.4 is 10.2 Å². The van der Waals surface area contributed by atoms with Gasteiger partial charge in [0.05, 0.1) is 11.6 Å². The number of nitrogens with zero attached hydrogens (tertiary/aromatic N) is 5. The van der Waals surface area contributed by atoms with Gasteiger partial charge in [0.15, 0.2) is 0 Å². The highest BCUT2D eigenvalue weighted by molar-refractivity contribution is 6.01. The molecule has 2 aromatic carbocycles. The summed E-state index contributed by atoms with van der Waals surface area (Å²) in [6, 6.07) is 18.0. The number of carbonyl (C=O) groups is 2. The Morgan fingerprint density at radius 1 is 1.10 bits per heavy atom. The van der Waals surface area contributed by atoms with E-state index in [1.54, 1.807) is 28.0 Å². The number of para-hydroxylation sites is 1. The molecule has 0 radical (unpaired) electrons. The van der Waals surface area contributed by atoms with Crippen molar-refractivity contribution < 1.29 is 14.3 Å². The number of nitrogens with one attached hydrogen (secondary N) is 1. The lowest BCUT2D eigenvalue weighted by Gasteiger charge is -2.32. The molecule has 0 unspecified atom stereocenters. The predicted octanol–water partition coefficient (Wildman–Crippen LogP) is 4.41. The van der Waals surface area contributed by atoms with Crippen LogP contribution in [0.15, 0.2) is 73.1 Å². The standard InChI is InChI=1S/C30H34N6O3/c1-3-21(2)22-12-14-24(15-13-22)36(28(37)20-35-27-11-5-4-10-26(27)33-34-35)29(23-8-6-16-31-18-23)30(38)32-19-25-9-7-17-39-25/h4-6,8,10-16,18,21,25,29H,3,7,9,17,19-20H2,1-2H3,(H,32,38)/t21-,25+,29-/m1/s1. The summed E-state index contributed by atoms with van der Waals surface area (Å²) in [6.07, 6.45) is 6.14. The molecule has 3 heterocycles. The van der Waals surface area contributed by atoms with Gasteiger partial charge in [-0.1, -0.05) is 49.4 Å². The molecule has 1 N–H and O–H groups in total. The van der Waals surface area contributed by atoms with E-state index in [-0.39, 0.29) is 24.5 Å². The van der Waals surface area contributed by atoms with Gasteiger partial charge in [-0.05, 0) is 61.1 Å². The predicted molar refractivity (Wildman–Crippen MR) is 149 cm³/mol. The Morgan fingerprint density at radius 3 is 2.64 bits per heavy atom. The van der Waals surface area contributed by atoms with Gasteiger partial charge in [-0.3, -0.25) is 19.5 Å². The Kier molecular flexibility index (Phi) is 8.27. The van der Waals surface area contributed by atoms with Crippen LogP contribution in [0.5, 0.6) is 0 Å². The Labute approximate surface area is 228 Å².